The van der Waals surface area contributed by atoms with E-state index in [2.05, 4.69) is 25.7 Å². The summed E-state index contributed by atoms with van der Waals surface area (Å²) in [6.45, 7) is 0. The van der Waals surface area contributed by atoms with Gasteiger partial charge in [-0.25, -0.2) is 4.98 Å². The number of aromatic nitrogens is 1. The van der Waals surface area contributed by atoms with Crippen molar-refractivity contribution in [1.82, 2.24) is 4.98 Å². The van der Waals surface area contributed by atoms with Gasteiger partial charge in [0.2, 0.25) is 0 Å². The fraction of sp³-hybridized carbons (Fsp3) is 0.167. The molecule has 0 unspecified atom stereocenters. The fourth-order valence-corrected chi connectivity index (χ4v) is 3.00. The number of esters is 1. The summed E-state index contributed by atoms with van der Waals surface area (Å²) in [6, 6.07) is 7.42. The second-order valence-electron chi connectivity index (χ2n) is 3.50. The smallest absolute Gasteiger partial charge is 0.311 e. The number of hydrogen-bond acceptors (Lipinski definition) is 4. The summed E-state index contributed by atoms with van der Waals surface area (Å²) in [5, 5.41) is 1.53. The van der Waals surface area contributed by atoms with E-state index in [-0.39, 0.29) is 12.4 Å². The molecule has 0 fully saturated rings. The Morgan fingerprint density at radius 3 is 2.72 bits per heavy atom. The van der Waals surface area contributed by atoms with Crippen molar-refractivity contribution in [2.24, 2.45) is 0 Å². The zero-order valence-corrected chi connectivity index (χ0v) is 12.6. The van der Waals surface area contributed by atoms with Crippen LogP contribution < -0.4 is 0 Å². The van der Waals surface area contributed by atoms with Gasteiger partial charge in [0.25, 0.3) is 0 Å². The fourth-order valence-electron chi connectivity index (χ4n) is 1.37. The monoisotopic (exact) mass is 345 g/mol. The number of ether oxygens (including phenoxy) is 1. The van der Waals surface area contributed by atoms with E-state index in [9.17, 15) is 4.79 Å². The minimum absolute atomic E-state index is 0.168. The lowest BCUT2D eigenvalue weighted by atomic mass is 10.2. The Morgan fingerprint density at radius 1 is 1.44 bits per heavy atom. The van der Waals surface area contributed by atoms with E-state index in [4.69, 9.17) is 11.6 Å². The summed E-state index contributed by atoms with van der Waals surface area (Å²) in [5.74, 6) is -0.302. The molecule has 2 aromatic rings. The summed E-state index contributed by atoms with van der Waals surface area (Å²) in [4.78, 5) is 15.7. The lowest BCUT2D eigenvalue weighted by Gasteiger charge is -1.96. The molecular weight excluding hydrogens is 338 g/mol. The van der Waals surface area contributed by atoms with Gasteiger partial charge < -0.3 is 4.74 Å². The number of halogens is 2. The topological polar surface area (TPSA) is 39.2 Å². The van der Waals surface area contributed by atoms with Crippen LogP contribution in [0.1, 0.15) is 5.69 Å². The first-order valence-corrected chi connectivity index (χ1v) is 7.07. The van der Waals surface area contributed by atoms with Crippen LogP contribution in [0.2, 0.25) is 5.02 Å². The predicted molar refractivity (Wildman–Crippen MR) is 76.0 cm³/mol. The van der Waals surface area contributed by atoms with E-state index in [1.54, 1.807) is 0 Å². The second kappa shape index (κ2) is 5.82. The molecule has 1 aromatic heterocycles. The molecule has 0 aliphatic carbocycles. The van der Waals surface area contributed by atoms with Crippen LogP contribution >= 0.6 is 38.9 Å². The van der Waals surface area contributed by atoms with Crippen molar-refractivity contribution in [3.05, 3.63) is 38.8 Å². The highest BCUT2D eigenvalue weighted by Crippen LogP contribution is 2.32. The molecular formula is C12H9BrClNO2S. The van der Waals surface area contributed by atoms with E-state index >= 15 is 0 Å². The zero-order chi connectivity index (χ0) is 13.1. The Bertz CT molecular complexity index is 568. The van der Waals surface area contributed by atoms with Crippen LogP contribution in [-0.4, -0.2) is 18.1 Å². The highest BCUT2D eigenvalue weighted by molar-refractivity contribution is 9.11. The Labute approximate surface area is 122 Å². The van der Waals surface area contributed by atoms with Crippen molar-refractivity contribution < 1.29 is 9.53 Å². The van der Waals surface area contributed by atoms with Gasteiger partial charge >= 0.3 is 5.97 Å². The molecule has 3 nitrogen and oxygen atoms in total. The molecule has 0 aliphatic heterocycles. The summed E-state index contributed by atoms with van der Waals surface area (Å²) in [6.07, 6.45) is 0.168. The lowest BCUT2D eigenvalue weighted by molar-refractivity contribution is -0.139. The molecule has 6 heteroatoms. The van der Waals surface area contributed by atoms with E-state index in [0.717, 1.165) is 14.4 Å². The van der Waals surface area contributed by atoms with Gasteiger partial charge in [0.1, 0.15) is 5.01 Å². The van der Waals surface area contributed by atoms with Gasteiger partial charge in [-0.1, -0.05) is 23.7 Å². The molecule has 2 rings (SSSR count). The zero-order valence-electron chi connectivity index (χ0n) is 9.44. The number of rotatable bonds is 3. The third kappa shape index (κ3) is 3.10. The number of carbonyl (C=O) groups excluding carboxylic acids is 1. The van der Waals surface area contributed by atoms with E-state index in [0.29, 0.717) is 10.7 Å². The lowest BCUT2D eigenvalue weighted by Crippen LogP contribution is -2.05. The molecule has 0 N–H and O–H groups in total. The first-order valence-electron chi connectivity index (χ1n) is 5.08. The highest BCUT2D eigenvalue weighted by Gasteiger charge is 2.14. The SMILES string of the molecule is COC(=O)Cc1nc(-c2ccc(Cl)cc2)sc1Br. The van der Waals surface area contributed by atoms with Crippen LogP contribution in [-0.2, 0) is 16.0 Å². The quantitative estimate of drug-likeness (QED) is 0.790. The molecule has 0 aliphatic rings. The molecule has 0 bridgehead atoms. The second-order valence-corrected chi connectivity index (χ2v) is 6.25. The summed E-state index contributed by atoms with van der Waals surface area (Å²) >= 11 is 10.7. The van der Waals surface area contributed by atoms with Gasteiger partial charge in [-0.05, 0) is 28.1 Å². The maximum atomic E-state index is 11.2. The molecule has 0 saturated heterocycles. The largest absolute Gasteiger partial charge is 0.469 e. The van der Waals surface area contributed by atoms with Crippen LogP contribution in [0.15, 0.2) is 28.1 Å². The highest BCUT2D eigenvalue weighted by atomic mass is 79.9. The van der Waals surface area contributed by atoms with Crippen molar-refractivity contribution in [3.63, 3.8) is 0 Å². The van der Waals surface area contributed by atoms with Gasteiger partial charge in [0.15, 0.2) is 0 Å². The molecule has 0 atom stereocenters. The van der Waals surface area contributed by atoms with E-state index in [1.807, 2.05) is 24.3 Å². The number of nitrogens with zero attached hydrogens (tertiary/aromatic N) is 1. The molecule has 94 valence electrons. The average Bonchev–Trinajstić information content (AvgIpc) is 2.71. The van der Waals surface area contributed by atoms with Crippen molar-refractivity contribution >= 4 is 44.8 Å². The van der Waals surface area contributed by atoms with Gasteiger partial charge in [-0.3, -0.25) is 4.79 Å². The molecule has 0 radical (unpaired) electrons. The van der Waals surface area contributed by atoms with Gasteiger partial charge in [-0.15, -0.1) is 11.3 Å². The number of hydrogen-bond donors (Lipinski definition) is 0. The molecule has 0 saturated carbocycles. The van der Waals surface area contributed by atoms with Crippen LogP contribution in [0, 0.1) is 0 Å². The molecule has 0 spiro atoms. The number of benzene rings is 1. The van der Waals surface area contributed by atoms with Gasteiger partial charge in [0, 0.05) is 10.6 Å². The number of methoxy groups -OCH3 is 1. The maximum absolute atomic E-state index is 11.2. The molecule has 18 heavy (non-hydrogen) atoms. The van der Waals surface area contributed by atoms with E-state index in [1.165, 1.54) is 18.4 Å². The number of thiazole rings is 1. The third-order valence-electron chi connectivity index (χ3n) is 2.28. The summed E-state index contributed by atoms with van der Waals surface area (Å²) < 4.78 is 5.47. The van der Waals surface area contributed by atoms with Crippen molar-refractivity contribution in [3.8, 4) is 10.6 Å². The Morgan fingerprint density at radius 2 is 2.11 bits per heavy atom. The molecule has 1 heterocycles. The third-order valence-corrected chi connectivity index (χ3v) is 4.41. The summed E-state index contributed by atoms with van der Waals surface area (Å²) in [7, 11) is 1.36. The Kier molecular flexibility index (Phi) is 4.37. The van der Waals surface area contributed by atoms with E-state index < -0.39 is 0 Å². The summed E-state index contributed by atoms with van der Waals surface area (Å²) in [5.41, 5.74) is 1.66. The normalized spacial score (nSPS) is 10.4. The molecule has 0 amide bonds. The standard InChI is InChI=1S/C12H9BrClNO2S/c1-17-10(16)6-9-11(13)18-12(15-9)7-2-4-8(14)5-3-7/h2-5H,6H2,1H3. The van der Waals surface area contributed by atoms with Crippen molar-refractivity contribution in [2.45, 2.75) is 6.42 Å². The van der Waals surface area contributed by atoms with Crippen LogP contribution in [0.5, 0.6) is 0 Å². The minimum Gasteiger partial charge on any atom is -0.469 e. The van der Waals surface area contributed by atoms with Crippen molar-refractivity contribution in [1.29, 1.82) is 0 Å². The number of carbonyl (C=O) groups is 1. The first-order chi connectivity index (χ1) is 8.60. The molecule has 1 aromatic carbocycles. The first kappa shape index (κ1) is 13.5. The predicted octanol–water partition coefficient (Wildman–Crippen LogP) is 3.94. The maximum Gasteiger partial charge on any atom is 0.311 e. The Balaban J connectivity index is 2.28. The van der Waals surface area contributed by atoms with Crippen LogP contribution in [0.3, 0.4) is 0 Å². The van der Waals surface area contributed by atoms with Crippen LogP contribution in [0.25, 0.3) is 10.6 Å². The Hall–Kier alpha value is -0.910. The average molecular weight is 347 g/mol. The van der Waals surface area contributed by atoms with Crippen molar-refractivity contribution in [2.75, 3.05) is 7.11 Å². The minimum atomic E-state index is -0.302. The van der Waals surface area contributed by atoms with Gasteiger partial charge in [-0.2, -0.15) is 0 Å². The van der Waals surface area contributed by atoms with Gasteiger partial charge in [0.05, 0.1) is 23.0 Å². The van der Waals surface area contributed by atoms with Crippen LogP contribution in [0.4, 0.5) is 0 Å².